The summed E-state index contributed by atoms with van der Waals surface area (Å²) in [6.07, 6.45) is 0. The first-order valence-electron chi connectivity index (χ1n) is 4.36. The zero-order chi connectivity index (χ0) is 10.4. The van der Waals surface area contributed by atoms with E-state index < -0.39 is 0 Å². The molecule has 0 saturated heterocycles. The molecule has 1 rings (SSSR count). The van der Waals surface area contributed by atoms with E-state index in [9.17, 15) is 4.79 Å². The summed E-state index contributed by atoms with van der Waals surface area (Å²) < 4.78 is 0. The van der Waals surface area contributed by atoms with E-state index in [0.29, 0.717) is 6.61 Å². The highest BCUT2D eigenvalue weighted by Crippen LogP contribution is 1.98. The van der Waals surface area contributed by atoms with Crippen molar-refractivity contribution in [1.82, 2.24) is 10.6 Å². The van der Waals surface area contributed by atoms with Gasteiger partial charge in [0, 0.05) is 14.0 Å². The van der Waals surface area contributed by atoms with Gasteiger partial charge in [0.2, 0.25) is 5.91 Å². The van der Waals surface area contributed by atoms with Crippen LogP contribution in [0, 0.1) is 0 Å². The molecule has 14 heavy (non-hydrogen) atoms. The second-order valence-corrected chi connectivity index (χ2v) is 2.94. The molecule has 0 fully saturated rings. The fraction of sp³-hybridized carbons (Fsp3) is 0.300. The average molecular weight is 194 g/mol. The highest BCUT2D eigenvalue weighted by molar-refractivity contribution is 5.72. The van der Waals surface area contributed by atoms with Crippen molar-refractivity contribution in [3.8, 4) is 0 Å². The molecule has 0 aromatic heterocycles. The summed E-state index contributed by atoms with van der Waals surface area (Å²) in [5, 5.41) is 1.28. The topological polar surface area (TPSA) is 41.6 Å². The first-order valence-corrected chi connectivity index (χ1v) is 4.36. The van der Waals surface area contributed by atoms with Crippen LogP contribution in [0.15, 0.2) is 30.3 Å². The molecule has 4 nitrogen and oxygen atoms in total. The van der Waals surface area contributed by atoms with Crippen LogP contribution in [-0.2, 0) is 16.2 Å². The Labute approximate surface area is 83.4 Å². The Balaban J connectivity index is 2.26. The quantitative estimate of drug-likeness (QED) is 0.730. The molecule has 0 radical (unpaired) electrons. The van der Waals surface area contributed by atoms with Gasteiger partial charge in [0.25, 0.3) is 0 Å². The predicted octanol–water partition coefficient (Wildman–Crippen LogP) is 1.10. The standard InChI is InChI=1S/C10H14N2O2/c1-9(13)12(2)11-14-8-10-6-4-3-5-7-10/h3-7,11H,8H2,1-2H3. The minimum absolute atomic E-state index is 0.0990. The van der Waals surface area contributed by atoms with Crippen molar-refractivity contribution in [3.63, 3.8) is 0 Å². The molecule has 0 bridgehead atoms. The number of nitrogens with one attached hydrogen (secondary N) is 1. The lowest BCUT2D eigenvalue weighted by Gasteiger charge is -2.15. The number of rotatable bonds is 4. The van der Waals surface area contributed by atoms with Gasteiger partial charge in [0.05, 0.1) is 6.61 Å². The molecule has 0 unspecified atom stereocenters. The van der Waals surface area contributed by atoms with Crippen LogP contribution in [0.1, 0.15) is 12.5 Å². The van der Waals surface area contributed by atoms with E-state index in [1.807, 2.05) is 30.3 Å². The highest BCUT2D eigenvalue weighted by Gasteiger charge is 1.99. The third-order valence-corrected chi connectivity index (χ3v) is 1.76. The monoisotopic (exact) mass is 194 g/mol. The third-order valence-electron chi connectivity index (χ3n) is 1.76. The van der Waals surface area contributed by atoms with Crippen LogP contribution in [-0.4, -0.2) is 18.0 Å². The Morgan fingerprint density at radius 3 is 2.64 bits per heavy atom. The highest BCUT2D eigenvalue weighted by atomic mass is 16.7. The van der Waals surface area contributed by atoms with Gasteiger partial charge in [-0.2, -0.15) is 0 Å². The van der Waals surface area contributed by atoms with Gasteiger partial charge in [-0.25, -0.2) is 0 Å². The van der Waals surface area contributed by atoms with E-state index in [1.54, 1.807) is 7.05 Å². The predicted molar refractivity (Wildman–Crippen MR) is 52.8 cm³/mol. The van der Waals surface area contributed by atoms with Crippen molar-refractivity contribution in [2.45, 2.75) is 13.5 Å². The number of carbonyl (C=O) groups is 1. The molecular weight excluding hydrogens is 180 g/mol. The van der Waals surface area contributed by atoms with E-state index in [-0.39, 0.29) is 5.91 Å². The van der Waals surface area contributed by atoms with Crippen LogP contribution >= 0.6 is 0 Å². The summed E-state index contributed by atoms with van der Waals surface area (Å²) in [5.74, 6) is -0.0990. The number of amides is 1. The lowest BCUT2D eigenvalue weighted by molar-refractivity contribution is -0.148. The largest absolute Gasteiger partial charge is 0.277 e. The molecule has 0 heterocycles. The minimum Gasteiger partial charge on any atom is -0.277 e. The number of benzene rings is 1. The molecule has 0 aliphatic heterocycles. The summed E-state index contributed by atoms with van der Waals surface area (Å²) in [6, 6.07) is 9.73. The molecule has 1 amide bonds. The third kappa shape index (κ3) is 3.55. The Hall–Kier alpha value is -1.39. The van der Waals surface area contributed by atoms with Crippen molar-refractivity contribution in [1.29, 1.82) is 0 Å². The molecular formula is C10H14N2O2. The fourth-order valence-electron chi connectivity index (χ4n) is 0.851. The zero-order valence-corrected chi connectivity index (χ0v) is 8.36. The summed E-state index contributed by atoms with van der Waals surface area (Å²) in [4.78, 5) is 15.9. The molecule has 4 heteroatoms. The molecule has 1 N–H and O–H groups in total. The SMILES string of the molecule is CC(=O)N(C)NOCc1ccccc1. The van der Waals surface area contributed by atoms with Gasteiger partial charge < -0.3 is 0 Å². The smallest absolute Gasteiger partial charge is 0.235 e. The zero-order valence-electron chi connectivity index (χ0n) is 8.36. The number of hydrazine groups is 1. The maximum atomic E-state index is 10.8. The summed E-state index contributed by atoms with van der Waals surface area (Å²) in [5.41, 5.74) is 3.57. The number of nitrogens with zero attached hydrogens (tertiary/aromatic N) is 1. The van der Waals surface area contributed by atoms with Crippen molar-refractivity contribution in [3.05, 3.63) is 35.9 Å². The van der Waals surface area contributed by atoms with Gasteiger partial charge in [-0.15, -0.1) is 5.59 Å². The van der Waals surface area contributed by atoms with Crippen molar-refractivity contribution >= 4 is 5.91 Å². The van der Waals surface area contributed by atoms with Gasteiger partial charge >= 0.3 is 0 Å². The lowest BCUT2D eigenvalue weighted by Crippen LogP contribution is -2.37. The Bertz CT molecular complexity index is 287. The molecule has 1 aromatic carbocycles. The van der Waals surface area contributed by atoms with Crippen molar-refractivity contribution in [2.24, 2.45) is 0 Å². The average Bonchev–Trinajstić information content (AvgIpc) is 2.19. The second kappa shape index (κ2) is 5.36. The fourth-order valence-corrected chi connectivity index (χ4v) is 0.851. The van der Waals surface area contributed by atoms with Crippen molar-refractivity contribution < 1.29 is 9.63 Å². The number of carbonyl (C=O) groups excluding carboxylic acids is 1. The van der Waals surface area contributed by atoms with Gasteiger partial charge in [0.15, 0.2) is 0 Å². The molecule has 0 saturated carbocycles. The summed E-state index contributed by atoms with van der Waals surface area (Å²) in [7, 11) is 1.60. The van der Waals surface area contributed by atoms with Gasteiger partial charge in [-0.05, 0) is 5.56 Å². The van der Waals surface area contributed by atoms with Crippen LogP contribution < -0.4 is 5.59 Å². The molecule has 0 spiro atoms. The van der Waals surface area contributed by atoms with Gasteiger partial charge in [-0.3, -0.25) is 14.6 Å². The Kier molecular flexibility index (Phi) is 4.10. The first kappa shape index (κ1) is 10.7. The van der Waals surface area contributed by atoms with E-state index in [4.69, 9.17) is 4.84 Å². The van der Waals surface area contributed by atoms with Crippen LogP contribution in [0.2, 0.25) is 0 Å². The normalized spacial score (nSPS) is 9.86. The minimum atomic E-state index is -0.0990. The second-order valence-electron chi connectivity index (χ2n) is 2.94. The van der Waals surface area contributed by atoms with Gasteiger partial charge in [0.1, 0.15) is 0 Å². The van der Waals surface area contributed by atoms with Crippen molar-refractivity contribution in [2.75, 3.05) is 7.05 Å². The lowest BCUT2D eigenvalue weighted by atomic mass is 10.2. The van der Waals surface area contributed by atoms with Crippen LogP contribution in [0.25, 0.3) is 0 Å². The number of hydrogen-bond donors (Lipinski definition) is 1. The Morgan fingerprint density at radius 1 is 1.43 bits per heavy atom. The molecule has 1 aromatic rings. The van der Waals surface area contributed by atoms with Crippen LogP contribution in [0.3, 0.4) is 0 Å². The van der Waals surface area contributed by atoms with E-state index in [2.05, 4.69) is 5.59 Å². The molecule has 0 atom stereocenters. The van der Waals surface area contributed by atoms with E-state index >= 15 is 0 Å². The van der Waals surface area contributed by atoms with Crippen LogP contribution in [0.5, 0.6) is 0 Å². The Morgan fingerprint density at radius 2 is 2.07 bits per heavy atom. The van der Waals surface area contributed by atoms with Crippen LogP contribution in [0.4, 0.5) is 0 Å². The maximum absolute atomic E-state index is 10.8. The molecule has 0 aliphatic carbocycles. The van der Waals surface area contributed by atoms with E-state index in [0.717, 1.165) is 5.56 Å². The summed E-state index contributed by atoms with van der Waals surface area (Å²) in [6.45, 7) is 1.89. The van der Waals surface area contributed by atoms with E-state index in [1.165, 1.54) is 11.9 Å². The maximum Gasteiger partial charge on any atom is 0.235 e. The summed E-state index contributed by atoms with van der Waals surface area (Å²) >= 11 is 0. The first-order chi connectivity index (χ1) is 6.70. The number of hydrogen-bond acceptors (Lipinski definition) is 3. The molecule has 76 valence electrons. The van der Waals surface area contributed by atoms with Gasteiger partial charge in [-0.1, -0.05) is 30.3 Å². The molecule has 0 aliphatic rings.